The number of amides is 4. The lowest BCUT2D eigenvalue weighted by Gasteiger charge is -2.41. The van der Waals surface area contributed by atoms with Gasteiger partial charge in [0, 0.05) is 54.6 Å². The molecule has 2 saturated heterocycles. The number of nitrogens with one attached hydrogen (secondary N) is 1. The van der Waals surface area contributed by atoms with E-state index < -0.39 is 5.54 Å². The molecule has 4 rings (SSSR count). The second-order valence-electron chi connectivity index (χ2n) is 8.16. The largest absolute Gasteiger partial charge is 0.343 e. The molecule has 0 aliphatic carbocycles. The highest BCUT2D eigenvalue weighted by Crippen LogP contribution is 2.41. The third kappa shape index (κ3) is 4.41. The second kappa shape index (κ2) is 10.0. The first-order valence-corrected chi connectivity index (χ1v) is 13.2. The van der Waals surface area contributed by atoms with Crippen molar-refractivity contribution in [2.75, 3.05) is 31.6 Å². The van der Waals surface area contributed by atoms with Crippen LogP contribution in [-0.4, -0.2) is 64.3 Å². The standard InChI is InChI=1S/C23H28N4O3S2/c1-31-15-9-20(28)26-11-6-17(7-12-26)23(18-4-2-10-24-16-18)21(29)27(22(30)25-23)13-8-19-5-3-14-32-19/h2-5,10,14,16-17H,6-9,11-13,15H2,1H3,(H,25,30)/t23-/m1/s1. The first-order valence-electron chi connectivity index (χ1n) is 10.9. The minimum atomic E-state index is -1.13. The number of nitrogens with zero attached hydrogens (tertiary/aromatic N) is 3. The van der Waals surface area contributed by atoms with Crippen molar-refractivity contribution in [3.63, 3.8) is 0 Å². The molecule has 1 atom stereocenters. The van der Waals surface area contributed by atoms with Gasteiger partial charge in [-0.3, -0.25) is 19.5 Å². The van der Waals surface area contributed by atoms with Crippen LogP contribution in [0, 0.1) is 5.92 Å². The molecule has 0 saturated carbocycles. The van der Waals surface area contributed by atoms with E-state index in [9.17, 15) is 14.4 Å². The topological polar surface area (TPSA) is 82.6 Å². The van der Waals surface area contributed by atoms with E-state index in [0.29, 0.717) is 50.9 Å². The Bertz CT molecular complexity index is 945. The maximum Gasteiger partial charge on any atom is 0.325 e. The van der Waals surface area contributed by atoms with Gasteiger partial charge in [-0.1, -0.05) is 12.1 Å². The quantitative estimate of drug-likeness (QED) is 0.597. The monoisotopic (exact) mass is 472 g/mol. The molecule has 2 aliphatic rings. The maximum atomic E-state index is 13.8. The highest BCUT2D eigenvalue weighted by Gasteiger charge is 2.57. The lowest BCUT2D eigenvalue weighted by Crippen LogP contribution is -2.54. The Morgan fingerprint density at radius 1 is 1.28 bits per heavy atom. The molecule has 9 heteroatoms. The van der Waals surface area contributed by atoms with Crippen LogP contribution >= 0.6 is 23.1 Å². The molecule has 2 aliphatic heterocycles. The summed E-state index contributed by atoms with van der Waals surface area (Å²) in [6.45, 7) is 1.54. The van der Waals surface area contributed by atoms with Crippen molar-refractivity contribution in [1.29, 1.82) is 0 Å². The van der Waals surface area contributed by atoms with Crippen LogP contribution < -0.4 is 5.32 Å². The first-order chi connectivity index (χ1) is 15.6. The average Bonchev–Trinajstić information content (AvgIpc) is 3.43. The minimum absolute atomic E-state index is 0.0977. The highest BCUT2D eigenvalue weighted by molar-refractivity contribution is 7.98. The molecule has 4 heterocycles. The number of hydrogen-bond donors (Lipinski definition) is 1. The SMILES string of the molecule is CSCCC(=O)N1CCC([C@]2(c3cccnc3)NC(=O)N(CCc3cccs3)C2=O)CC1. The summed E-state index contributed by atoms with van der Waals surface area (Å²) in [5, 5.41) is 5.05. The molecule has 0 bridgehead atoms. The molecule has 7 nitrogen and oxygen atoms in total. The Kier molecular flexibility index (Phi) is 7.15. The number of urea groups is 1. The van der Waals surface area contributed by atoms with Crippen LogP contribution in [0.15, 0.2) is 42.0 Å². The Morgan fingerprint density at radius 2 is 2.09 bits per heavy atom. The fourth-order valence-corrected chi connectivity index (χ4v) is 5.77. The van der Waals surface area contributed by atoms with Gasteiger partial charge < -0.3 is 10.2 Å². The van der Waals surface area contributed by atoms with Crippen molar-refractivity contribution < 1.29 is 14.4 Å². The molecule has 4 amide bonds. The van der Waals surface area contributed by atoms with Crippen LogP contribution in [0.4, 0.5) is 4.79 Å². The number of hydrogen-bond acceptors (Lipinski definition) is 6. The zero-order chi connectivity index (χ0) is 22.6. The number of piperidine rings is 1. The van der Waals surface area contributed by atoms with Gasteiger partial charge in [0.25, 0.3) is 5.91 Å². The number of rotatable bonds is 8. The van der Waals surface area contributed by atoms with Crippen LogP contribution in [0.2, 0.25) is 0 Å². The Balaban J connectivity index is 1.54. The molecule has 0 radical (unpaired) electrons. The zero-order valence-corrected chi connectivity index (χ0v) is 19.8. The number of pyridine rings is 1. The van der Waals surface area contributed by atoms with Gasteiger partial charge in [0.15, 0.2) is 5.54 Å². The molecule has 0 aromatic carbocycles. The summed E-state index contributed by atoms with van der Waals surface area (Å²) in [5.41, 5.74) is -0.418. The van der Waals surface area contributed by atoms with E-state index in [-0.39, 0.29) is 23.8 Å². The fraction of sp³-hybridized carbons (Fsp3) is 0.478. The van der Waals surface area contributed by atoms with E-state index in [1.165, 1.54) is 4.90 Å². The van der Waals surface area contributed by atoms with Crippen molar-refractivity contribution in [3.8, 4) is 0 Å². The molecular weight excluding hydrogens is 444 g/mol. The van der Waals surface area contributed by atoms with Crippen LogP contribution in [0.25, 0.3) is 0 Å². The van der Waals surface area contributed by atoms with Crippen LogP contribution in [0.3, 0.4) is 0 Å². The van der Waals surface area contributed by atoms with Gasteiger partial charge in [-0.2, -0.15) is 11.8 Å². The third-order valence-electron chi connectivity index (χ3n) is 6.39. The predicted molar refractivity (Wildman–Crippen MR) is 126 cm³/mol. The summed E-state index contributed by atoms with van der Waals surface area (Å²) >= 11 is 3.29. The van der Waals surface area contributed by atoms with Crippen LogP contribution in [0.5, 0.6) is 0 Å². The van der Waals surface area contributed by atoms with Gasteiger partial charge in [-0.05, 0) is 48.9 Å². The Hall–Kier alpha value is -2.39. The minimum Gasteiger partial charge on any atom is -0.343 e. The molecule has 2 aromatic heterocycles. The molecule has 1 N–H and O–H groups in total. The summed E-state index contributed by atoms with van der Waals surface area (Å²) in [5.74, 6) is 0.665. The van der Waals surface area contributed by atoms with Crippen molar-refractivity contribution >= 4 is 40.9 Å². The molecule has 0 unspecified atom stereocenters. The van der Waals surface area contributed by atoms with Crippen LogP contribution in [-0.2, 0) is 21.5 Å². The molecular formula is C23H28N4O3S2. The van der Waals surface area contributed by atoms with Crippen LogP contribution in [0.1, 0.15) is 29.7 Å². The van der Waals surface area contributed by atoms with Crippen molar-refractivity contribution in [3.05, 3.63) is 52.5 Å². The van der Waals surface area contributed by atoms with E-state index in [0.717, 1.165) is 10.6 Å². The third-order valence-corrected chi connectivity index (χ3v) is 7.94. The molecule has 2 fully saturated rings. The first kappa shape index (κ1) is 22.8. The number of carbonyl (C=O) groups is 3. The fourth-order valence-electron chi connectivity index (χ4n) is 4.69. The van der Waals surface area contributed by atoms with Gasteiger partial charge in [0.1, 0.15) is 0 Å². The average molecular weight is 473 g/mol. The van der Waals surface area contributed by atoms with E-state index in [4.69, 9.17) is 0 Å². The predicted octanol–water partition coefficient (Wildman–Crippen LogP) is 3.12. The van der Waals surface area contributed by atoms with E-state index in [1.807, 2.05) is 34.7 Å². The van der Waals surface area contributed by atoms with Gasteiger partial charge in [0.05, 0.1) is 0 Å². The number of carbonyl (C=O) groups excluding carboxylic acids is 3. The molecule has 0 spiro atoms. The van der Waals surface area contributed by atoms with Gasteiger partial charge >= 0.3 is 6.03 Å². The summed E-state index contributed by atoms with van der Waals surface area (Å²) < 4.78 is 0. The van der Waals surface area contributed by atoms with Gasteiger partial charge in [-0.15, -0.1) is 11.3 Å². The number of aromatic nitrogens is 1. The maximum absolute atomic E-state index is 13.8. The lowest BCUT2D eigenvalue weighted by molar-refractivity contribution is -0.136. The lowest BCUT2D eigenvalue weighted by atomic mass is 9.73. The number of thioether (sulfide) groups is 1. The van der Waals surface area contributed by atoms with E-state index in [1.54, 1.807) is 41.6 Å². The summed E-state index contributed by atoms with van der Waals surface area (Å²) in [4.78, 5) is 47.8. The second-order valence-corrected chi connectivity index (χ2v) is 10.2. The number of likely N-dealkylation sites (tertiary alicyclic amines) is 1. The normalized spacial score (nSPS) is 21.8. The molecule has 2 aromatic rings. The van der Waals surface area contributed by atoms with Gasteiger partial charge in [-0.25, -0.2) is 4.79 Å². The molecule has 32 heavy (non-hydrogen) atoms. The Morgan fingerprint density at radius 3 is 2.75 bits per heavy atom. The highest BCUT2D eigenvalue weighted by atomic mass is 32.2. The number of imide groups is 1. The summed E-state index contributed by atoms with van der Waals surface area (Å²) in [6, 6.07) is 7.30. The summed E-state index contributed by atoms with van der Waals surface area (Å²) in [6.07, 6.45) is 7.83. The Labute approximate surface area is 196 Å². The van der Waals surface area contributed by atoms with Crippen molar-refractivity contribution in [1.82, 2.24) is 20.1 Å². The molecule has 170 valence electrons. The number of thiophene rings is 1. The van der Waals surface area contributed by atoms with Gasteiger partial charge in [0.2, 0.25) is 5.91 Å². The van der Waals surface area contributed by atoms with E-state index >= 15 is 0 Å². The zero-order valence-electron chi connectivity index (χ0n) is 18.2. The van der Waals surface area contributed by atoms with E-state index in [2.05, 4.69) is 10.3 Å². The smallest absolute Gasteiger partial charge is 0.325 e. The van der Waals surface area contributed by atoms with Crippen molar-refractivity contribution in [2.24, 2.45) is 5.92 Å². The van der Waals surface area contributed by atoms with Crippen molar-refractivity contribution in [2.45, 2.75) is 31.2 Å². The summed E-state index contributed by atoms with van der Waals surface area (Å²) in [7, 11) is 0.